The zero-order valence-corrected chi connectivity index (χ0v) is 13.8. The number of benzene rings is 2. The number of fused-ring (bicyclic) bond motifs is 1. The first kappa shape index (κ1) is 15.1. The van der Waals surface area contributed by atoms with Gasteiger partial charge in [0.25, 0.3) is 0 Å². The van der Waals surface area contributed by atoms with E-state index in [4.69, 9.17) is 9.47 Å². The van der Waals surface area contributed by atoms with Gasteiger partial charge in [0.05, 0.1) is 6.04 Å². The van der Waals surface area contributed by atoms with Crippen LogP contribution in [0.2, 0.25) is 0 Å². The van der Waals surface area contributed by atoms with Crippen molar-refractivity contribution < 1.29 is 14.3 Å². The molecule has 1 saturated carbocycles. The molecule has 0 N–H and O–H groups in total. The van der Waals surface area contributed by atoms with E-state index in [1.807, 2.05) is 41.3 Å². The van der Waals surface area contributed by atoms with Gasteiger partial charge in [-0.3, -0.25) is 4.79 Å². The molecule has 4 heteroatoms. The fourth-order valence-corrected chi connectivity index (χ4v) is 3.12. The van der Waals surface area contributed by atoms with Crippen LogP contribution >= 0.6 is 0 Å². The van der Waals surface area contributed by atoms with Crippen LogP contribution in [-0.4, -0.2) is 17.6 Å². The molecule has 1 fully saturated rings. The van der Waals surface area contributed by atoms with Crippen molar-refractivity contribution in [2.75, 3.05) is 6.79 Å². The van der Waals surface area contributed by atoms with Crippen molar-refractivity contribution in [2.24, 2.45) is 5.92 Å². The smallest absolute Gasteiger partial charge is 0.231 e. The van der Waals surface area contributed by atoms with Gasteiger partial charge in [0.2, 0.25) is 12.7 Å². The number of hydrogen-bond acceptors (Lipinski definition) is 3. The Kier molecular flexibility index (Phi) is 3.89. The van der Waals surface area contributed by atoms with E-state index in [9.17, 15) is 4.79 Å². The van der Waals surface area contributed by atoms with E-state index in [0.29, 0.717) is 6.54 Å². The first-order chi connectivity index (χ1) is 11.7. The third kappa shape index (κ3) is 2.96. The van der Waals surface area contributed by atoms with Crippen LogP contribution in [0, 0.1) is 5.92 Å². The maximum Gasteiger partial charge on any atom is 0.231 e. The molecular formula is C20H21NO3. The Balaban J connectivity index is 1.59. The van der Waals surface area contributed by atoms with Crippen molar-refractivity contribution in [3.05, 3.63) is 59.7 Å². The first-order valence-electron chi connectivity index (χ1n) is 8.46. The fraction of sp³-hybridized carbons (Fsp3) is 0.350. The average molecular weight is 323 g/mol. The van der Waals surface area contributed by atoms with Crippen LogP contribution in [0.15, 0.2) is 48.5 Å². The molecule has 0 radical (unpaired) electrons. The summed E-state index contributed by atoms with van der Waals surface area (Å²) in [4.78, 5) is 14.8. The van der Waals surface area contributed by atoms with E-state index in [-0.39, 0.29) is 24.7 Å². The van der Waals surface area contributed by atoms with E-state index < -0.39 is 0 Å². The van der Waals surface area contributed by atoms with Gasteiger partial charge in [-0.1, -0.05) is 36.4 Å². The number of hydrogen-bond donors (Lipinski definition) is 0. The number of amides is 1. The van der Waals surface area contributed by atoms with Crippen molar-refractivity contribution in [1.82, 2.24) is 4.90 Å². The zero-order valence-electron chi connectivity index (χ0n) is 13.8. The van der Waals surface area contributed by atoms with Crippen molar-refractivity contribution in [3.63, 3.8) is 0 Å². The van der Waals surface area contributed by atoms with E-state index in [1.165, 1.54) is 0 Å². The van der Waals surface area contributed by atoms with Crippen molar-refractivity contribution in [3.8, 4) is 11.5 Å². The lowest BCUT2D eigenvalue weighted by atomic mass is 10.0. The van der Waals surface area contributed by atoms with Crippen molar-refractivity contribution >= 4 is 5.91 Å². The normalized spacial score (nSPS) is 16.7. The molecule has 2 aromatic carbocycles. The molecule has 4 rings (SSSR count). The summed E-state index contributed by atoms with van der Waals surface area (Å²) in [5.74, 6) is 1.99. The molecule has 4 nitrogen and oxygen atoms in total. The summed E-state index contributed by atoms with van der Waals surface area (Å²) >= 11 is 0. The van der Waals surface area contributed by atoms with Gasteiger partial charge in [-0.05, 0) is 43.0 Å². The summed E-state index contributed by atoms with van der Waals surface area (Å²) in [7, 11) is 0. The molecular weight excluding hydrogens is 302 g/mol. The molecule has 124 valence electrons. The Morgan fingerprint density at radius 3 is 2.62 bits per heavy atom. The van der Waals surface area contributed by atoms with Crippen LogP contribution in [0.3, 0.4) is 0 Å². The second-order valence-corrected chi connectivity index (χ2v) is 6.51. The third-order valence-corrected chi connectivity index (χ3v) is 4.75. The molecule has 1 unspecified atom stereocenters. The van der Waals surface area contributed by atoms with Crippen LogP contribution < -0.4 is 9.47 Å². The predicted octanol–water partition coefficient (Wildman–Crippen LogP) is 3.92. The monoisotopic (exact) mass is 323 g/mol. The number of ether oxygens (including phenoxy) is 2. The summed E-state index contributed by atoms with van der Waals surface area (Å²) in [6.45, 7) is 2.95. The molecule has 0 saturated heterocycles. The topological polar surface area (TPSA) is 38.8 Å². The van der Waals surface area contributed by atoms with E-state index in [0.717, 1.165) is 35.5 Å². The molecule has 2 aromatic rings. The number of carbonyl (C=O) groups is 1. The Labute approximate surface area is 142 Å². The lowest BCUT2D eigenvalue weighted by Gasteiger charge is -2.30. The van der Waals surface area contributed by atoms with Gasteiger partial charge in [0.1, 0.15) is 0 Å². The lowest BCUT2D eigenvalue weighted by Crippen LogP contribution is -2.34. The van der Waals surface area contributed by atoms with Gasteiger partial charge < -0.3 is 14.4 Å². The molecule has 0 bridgehead atoms. The molecule has 24 heavy (non-hydrogen) atoms. The minimum atomic E-state index is 0.0460. The number of rotatable bonds is 5. The van der Waals surface area contributed by atoms with Gasteiger partial charge in [-0.25, -0.2) is 0 Å². The Morgan fingerprint density at radius 2 is 1.88 bits per heavy atom. The summed E-state index contributed by atoms with van der Waals surface area (Å²) < 4.78 is 10.8. The summed E-state index contributed by atoms with van der Waals surface area (Å²) in [6, 6.07) is 16.2. The molecule has 1 aliphatic carbocycles. The van der Waals surface area contributed by atoms with Crippen LogP contribution in [0.25, 0.3) is 0 Å². The molecule has 0 spiro atoms. The Hall–Kier alpha value is -2.49. The van der Waals surface area contributed by atoms with Gasteiger partial charge in [-0.15, -0.1) is 0 Å². The summed E-state index contributed by atoms with van der Waals surface area (Å²) in [5, 5.41) is 0. The Morgan fingerprint density at radius 1 is 1.12 bits per heavy atom. The molecule has 1 aliphatic heterocycles. The van der Waals surface area contributed by atoms with Crippen LogP contribution in [0.5, 0.6) is 11.5 Å². The largest absolute Gasteiger partial charge is 0.454 e. The molecule has 1 atom stereocenters. The maximum absolute atomic E-state index is 12.8. The summed E-state index contributed by atoms with van der Waals surface area (Å²) in [5.41, 5.74) is 2.23. The van der Waals surface area contributed by atoms with Gasteiger partial charge >= 0.3 is 0 Å². The average Bonchev–Trinajstić information content (AvgIpc) is 3.37. The standard InChI is InChI=1S/C20H21NO3/c1-14(16-5-3-2-4-6-16)21(20(22)17-8-9-17)12-15-7-10-18-19(11-15)24-13-23-18/h2-7,10-11,14,17H,8-9,12-13H2,1H3. The van der Waals surface area contributed by atoms with Gasteiger partial charge in [0, 0.05) is 12.5 Å². The zero-order chi connectivity index (χ0) is 16.5. The second kappa shape index (κ2) is 6.19. The van der Waals surface area contributed by atoms with Crippen molar-refractivity contribution in [2.45, 2.75) is 32.4 Å². The highest BCUT2D eigenvalue weighted by Crippen LogP contribution is 2.37. The highest BCUT2D eigenvalue weighted by molar-refractivity contribution is 5.81. The van der Waals surface area contributed by atoms with E-state index in [2.05, 4.69) is 19.1 Å². The highest BCUT2D eigenvalue weighted by atomic mass is 16.7. The SMILES string of the molecule is CC(c1ccccc1)N(Cc1ccc2c(c1)OCO2)C(=O)C1CC1. The fourth-order valence-electron chi connectivity index (χ4n) is 3.12. The van der Waals surface area contributed by atoms with E-state index >= 15 is 0 Å². The highest BCUT2D eigenvalue weighted by Gasteiger charge is 2.35. The summed E-state index contributed by atoms with van der Waals surface area (Å²) in [6.07, 6.45) is 2.02. The van der Waals surface area contributed by atoms with Crippen molar-refractivity contribution in [1.29, 1.82) is 0 Å². The Bertz CT molecular complexity index is 740. The molecule has 1 heterocycles. The number of carbonyl (C=O) groups excluding carboxylic acids is 1. The molecule has 1 amide bonds. The van der Waals surface area contributed by atoms with Crippen LogP contribution in [-0.2, 0) is 11.3 Å². The second-order valence-electron chi connectivity index (χ2n) is 6.51. The lowest BCUT2D eigenvalue weighted by molar-refractivity contribution is -0.135. The van der Waals surface area contributed by atoms with Gasteiger partial charge in [-0.2, -0.15) is 0 Å². The third-order valence-electron chi connectivity index (χ3n) is 4.75. The minimum absolute atomic E-state index is 0.0460. The molecule has 0 aromatic heterocycles. The predicted molar refractivity (Wildman–Crippen MR) is 90.7 cm³/mol. The quantitative estimate of drug-likeness (QED) is 0.837. The van der Waals surface area contributed by atoms with Gasteiger partial charge in [0.15, 0.2) is 11.5 Å². The van der Waals surface area contributed by atoms with E-state index in [1.54, 1.807) is 0 Å². The maximum atomic E-state index is 12.8. The first-order valence-corrected chi connectivity index (χ1v) is 8.46. The van der Waals surface area contributed by atoms with Crippen LogP contribution in [0.4, 0.5) is 0 Å². The minimum Gasteiger partial charge on any atom is -0.454 e. The van der Waals surface area contributed by atoms with Crippen LogP contribution in [0.1, 0.15) is 36.9 Å². The number of nitrogens with zero attached hydrogens (tertiary/aromatic N) is 1. The molecule has 2 aliphatic rings.